The first-order valence-electron chi connectivity index (χ1n) is 6.17. The summed E-state index contributed by atoms with van der Waals surface area (Å²) in [6.07, 6.45) is 0. The smallest absolute Gasteiger partial charge is 0.149 e. The Morgan fingerprint density at radius 1 is 1.11 bits per heavy atom. The normalized spacial score (nSPS) is 11.4. The monoisotopic (exact) mass is 319 g/mol. The van der Waals surface area contributed by atoms with Crippen LogP contribution in [0, 0.1) is 17.6 Å². The van der Waals surface area contributed by atoms with Crippen molar-refractivity contribution in [3.8, 4) is 0 Å². The van der Waals surface area contributed by atoms with E-state index in [0.29, 0.717) is 23.4 Å². The molecule has 1 aromatic carbocycles. The molecule has 1 nitrogen and oxygen atoms in total. The lowest BCUT2D eigenvalue weighted by molar-refractivity contribution is 0.523. The van der Waals surface area contributed by atoms with E-state index >= 15 is 0 Å². The first-order chi connectivity index (χ1) is 8.36. The van der Waals surface area contributed by atoms with E-state index in [2.05, 4.69) is 15.9 Å². The second-order valence-electron chi connectivity index (χ2n) is 5.18. The summed E-state index contributed by atoms with van der Waals surface area (Å²) in [5.74, 6) is -0.625. The van der Waals surface area contributed by atoms with Crippen LogP contribution in [0.5, 0.6) is 0 Å². The maximum Gasteiger partial charge on any atom is 0.149 e. The minimum Gasteiger partial charge on any atom is -0.364 e. The molecule has 0 heterocycles. The highest BCUT2D eigenvalue weighted by Crippen LogP contribution is 2.28. The molecule has 0 bridgehead atoms. The Morgan fingerprint density at radius 2 is 1.61 bits per heavy atom. The molecule has 0 saturated carbocycles. The lowest BCUT2D eigenvalue weighted by Crippen LogP contribution is -2.35. The number of hydrogen-bond donors (Lipinski definition) is 0. The molecule has 0 saturated heterocycles. The molecule has 18 heavy (non-hydrogen) atoms. The quantitative estimate of drug-likeness (QED) is 0.709. The summed E-state index contributed by atoms with van der Waals surface area (Å²) in [7, 11) is 0. The standard InChI is InChI=1S/C14H20BrF2N/c1-9(2)8-18(10(3)4)14-12(16)5-11(7-15)6-13(14)17/h5-6,9-10H,7-8H2,1-4H3. The Kier molecular flexibility index (Phi) is 5.57. The van der Waals surface area contributed by atoms with Crippen molar-refractivity contribution in [3.05, 3.63) is 29.3 Å². The van der Waals surface area contributed by atoms with Crippen molar-refractivity contribution >= 4 is 21.6 Å². The predicted octanol–water partition coefficient (Wildman–Crippen LogP) is 4.73. The Hall–Kier alpha value is -0.640. The zero-order valence-electron chi connectivity index (χ0n) is 11.3. The van der Waals surface area contributed by atoms with Crippen molar-refractivity contribution in [1.82, 2.24) is 0 Å². The zero-order chi connectivity index (χ0) is 13.9. The molecular weight excluding hydrogens is 300 g/mol. The van der Waals surface area contributed by atoms with Crippen LogP contribution in [0.15, 0.2) is 12.1 Å². The van der Waals surface area contributed by atoms with Gasteiger partial charge in [0, 0.05) is 17.9 Å². The highest BCUT2D eigenvalue weighted by molar-refractivity contribution is 9.08. The van der Waals surface area contributed by atoms with Crippen molar-refractivity contribution in [1.29, 1.82) is 0 Å². The molecule has 0 spiro atoms. The summed E-state index contributed by atoms with van der Waals surface area (Å²) in [5, 5.41) is 0.451. The van der Waals surface area contributed by atoms with Crippen molar-refractivity contribution in [3.63, 3.8) is 0 Å². The van der Waals surface area contributed by atoms with Crippen LogP contribution in [-0.2, 0) is 5.33 Å². The minimum absolute atomic E-state index is 0.0613. The van der Waals surface area contributed by atoms with Crippen LogP contribution < -0.4 is 4.90 Å². The van der Waals surface area contributed by atoms with E-state index in [4.69, 9.17) is 0 Å². The van der Waals surface area contributed by atoms with Crippen LogP contribution in [0.25, 0.3) is 0 Å². The van der Waals surface area contributed by atoms with Gasteiger partial charge >= 0.3 is 0 Å². The number of halogens is 3. The van der Waals surface area contributed by atoms with Crippen LogP contribution in [-0.4, -0.2) is 12.6 Å². The predicted molar refractivity (Wildman–Crippen MR) is 76.3 cm³/mol. The van der Waals surface area contributed by atoms with E-state index in [1.165, 1.54) is 12.1 Å². The topological polar surface area (TPSA) is 3.24 Å². The van der Waals surface area contributed by atoms with Gasteiger partial charge in [-0.05, 0) is 37.5 Å². The number of benzene rings is 1. The minimum atomic E-state index is -0.487. The fourth-order valence-corrected chi connectivity index (χ4v) is 2.25. The van der Waals surface area contributed by atoms with Gasteiger partial charge in [-0.2, -0.15) is 0 Å². The third-order valence-electron chi connectivity index (χ3n) is 2.70. The average molecular weight is 320 g/mol. The van der Waals surface area contributed by atoms with Gasteiger partial charge in [-0.1, -0.05) is 29.8 Å². The summed E-state index contributed by atoms with van der Waals surface area (Å²) in [6.45, 7) is 8.61. The van der Waals surface area contributed by atoms with Crippen LogP contribution in [0.1, 0.15) is 33.3 Å². The molecule has 0 fully saturated rings. The lowest BCUT2D eigenvalue weighted by atomic mass is 10.1. The van der Waals surface area contributed by atoms with Crippen molar-refractivity contribution < 1.29 is 8.78 Å². The first kappa shape index (κ1) is 15.4. The molecule has 0 aliphatic rings. The Balaban J connectivity index is 3.19. The number of rotatable bonds is 5. The molecule has 0 aromatic heterocycles. The van der Waals surface area contributed by atoms with Crippen LogP contribution in [0.2, 0.25) is 0 Å². The van der Waals surface area contributed by atoms with Crippen LogP contribution >= 0.6 is 15.9 Å². The molecule has 0 atom stereocenters. The van der Waals surface area contributed by atoms with E-state index in [0.717, 1.165) is 0 Å². The van der Waals surface area contributed by atoms with Gasteiger partial charge in [0.1, 0.15) is 17.3 Å². The highest BCUT2D eigenvalue weighted by atomic mass is 79.9. The fourth-order valence-electron chi connectivity index (χ4n) is 1.92. The van der Waals surface area contributed by atoms with Gasteiger partial charge in [-0.15, -0.1) is 0 Å². The number of nitrogens with zero attached hydrogens (tertiary/aromatic N) is 1. The second-order valence-corrected chi connectivity index (χ2v) is 5.74. The van der Waals surface area contributed by atoms with Crippen LogP contribution in [0.4, 0.5) is 14.5 Å². The van der Waals surface area contributed by atoms with Gasteiger partial charge in [0.15, 0.2) is 0 Å². The number of hydrogen-bond acceptors (Lipinski definition) is 1. The molecule has 0 N–H and O–H groups in total. The molecule has 0 radical (unpaired) electrons. The second kappa shape index (κ2) is 6.50. The summed E-state index contributed by atoms with van der Waals surface area (Å²) < 4.78 is 28.1. The molecular formula is C14H20BrF2N. The van der Waals surface area contributed by atoms with E-state index in [1.54, 1.807) is 4.90 Å². The van der Waals surface area contributed by atoms with Crippen molar-refractivity contribution in [2.45, 2.75) is 39.1 Å². The van der Waals surface area contributed by atoms with Crippen molar-refractivity contribution in [2.75, 3.05) is 11.4 Å². The first-order valence-corrected chi connectivity index (χ1v) is 7.29. The fraction of sp³-hybridized carbons (Fsp3) is 0.571. The third-order valence-corrected chi connectivity index (χ3v) is 3.35. The number of anilines is 1. The van der Waals surface area contributed by atoms with Gasteiger partial charge in [0.05, 0.1) is 0 Å². The lowest BCUT2D eigenvalue weighted by Gasteiger charge is -2.31. The molecule has 4 heteroatoms. The van der Waals surface area contributed by atoms with Gasteiger partial charge in [-0.3, -0.25) is 0 Å². The van der Waals surface area contributed by atoms with E-state index in [1.807, 2.05) is 27.7 Å². The average Bonchev–Trinajstić information content (AvgIpc) is 2.25. The number of alkyl halides is 1. The largest absolute Gasteiger partial charge is 0.364 e. The molecule has 0 unspecified atom stereocenters. The summed E-state index contributed by atoms with van der Waals surface area (Å²) in [4.78, 5) is 1.79. The molecule has 1 aromatic rings. The SMILES string of the molecule is CC(C)CN(c1c(F)cc(CBr)cc1F)C(C)C. The van der Waals surface area contributed by atoms with Gasteiger partial charge in [-0.25, -0.2) is 8.78 Å². The molecule has 0 aliphatic carbocycles. The highest BCUT2D eigenvalue weighted by Gasteiger charge is 2.21. The van der Waals surface area contributed by atoms with Gasteiger partial charge in [0.25, 0.3) is 0 Å². The van der Waals surface area contributed by atoms with E-state index < -0.39 is 11.6 Å². The molecule has 1 rings (SSSR count). The Labute approximate surface area is 116 Å². The summed E-state index contributed by atoms with van der Waals surface area (Å²) in [6, 6.07) is 2.84. The third kappa shape index (κ3) is 3.67. The Bertz CT molecular complexity index is 382. The summed E-state index contributed by atoms with van der Waals surface area (Å²) in [5.41, 5.74) is 0.699. The van der Waals surface area contributed by atoms with Gasteiger partial charge in [0.2, 0.25) is 0 Å². The zero-order valence-corrected chi connectivity index (χ0v) is 12.9. The molecule has 102 valence electrons. The summed E-state index contributed by atoms with van der Waals surface area (Å²) >= 11 is 3.21. The molecule has 0 aliphatic heterocycles. The molecule has 0 amide bonds. The van der Waals surface area contributed by atoms with Crippen molar-refractivity contribution in [2.24, 2.45) is 5.92 Å². The van der Waals surface area contributed by atoms with Crippen LogP contribution in [0.3, 0.4) is 0 Å². The van der Waals surface area contributed by atoms with E-state index in [9.17, 15) is 8.78 Å². The van der Waals surface area contributed by atoms with E-state index in [-0.39, 0.29) is 11.7 Å². The van der Waals surface area contributed by atoms with Gasteiger partial charge < -0.3 is 4.90 Å². The Morgan fingerprint density at radius 3 is 1.94 bits per heavy atom. The maximum absolute atomic E-state index is 14.1. The maximum atomic E-state index is 14.1.